The van der Waals surface area contributed by atoms with Gasteiger partial charge in [-0.25, -0.2) is 8.42 Å². The number of nitrogens with zero attached hydrogens (tertiary/aromatic N) is 2. The quantitative estimate of drug-likeness (QED) is 0.526. The molecule has 2 atom stereocenters. The molecule has 0 aliphatic carbocycles. The lowest BCUT2D eigenvalue weighted by molar-refractivity contribution is 0.102. The number of carbonyl (C=O) groups excluding carboxylic acids is 1. The van der Waals surface area contributed by atoms with E-state index in [-0.39, 0.29) is 28.2 Å². The standard InChI is InChI=1S/C27H29N3O5S/c1-2-14-35-23-10-6-20(7-11-23)27(32)28-22-8-12-24(13-9-22)36(33,34)29-16-19-15-21(18-29)25-4-3-5-26(31)30(25)17-19/h3-13,19,21H,2,14-18H2,1H3,(H,28,32)/t19-,21-/m0/s1. The number of sulfonamides is 1. The fourth-order valence-corrected chi connectivity index (χ4v) is 6.60. The maximum atomic E-state index is 13.4. The van der Waals surface area contributed by atoms with Crippen LogP contribution in [0.1, 0.15) is 41.7 Å². The molecule has 8 nitrogen and oxygen atoms in total. The fourth-order valence-electron chi connectivity index (χ4n) is 5.03. The zero-order chi connectivity index (χ0) is 25.3. The summed E-state index contributed by atoms with van der Waals surface area (Å²) in [5, 5.41) is 2.81. The number of hydrogen-bond donors (Lipinski definition) is 1. The van der Waals surface area contributed by atoms with Crippen molar-refractivity contribution in [1.29, 1.82) is 0 Å². The Hall–Kier alpha value is -3.43. The predicted molar refractivity (Wildman–Crippen MR) is 137 cm³/mol. The van der Waals surface area contributed by atoms with E-state index in [0.29, 0.717) is 43.2 Å². The van der Waals surface area contributed by atoms with Crippen LogP contribution in [0.2, 0.25) is 0 Å². The van der Waals surface area contributed by atoms with Crippen LogP contribution in [0.3, 0.4) is 0 Å². The van der Waals surface area contributed by atoms with E-state index in [1.807, 2.05) is 13.0 Å². The van der Waals surface area contributed by atoms with Crippen LogP contribution in [-0.4, -0.2) is 42.9 Å². The van der Waals surface area contributed by atoms with Gasteiger partial charge in [0, 0.05) is 48.6 Å². The first-order valence-electron chi connectivity index (χ1n) is 12.2. The SMILES string of the molecule is CCCOc1ccc(C(=O)Nc2ccc(S(=O)(=O)N3C[C@@H]4C[C@@H](C3)c3cccc(=O)n3C4)cc2)cc1. The number of aromatic nitrogens is 1. The van der Waals surface area contributed by atoms with Crippen LogP contribution in [0.5, 0.6) is 5.75 Å². The Morgan fingerprint density at radius 1 is 1.00 bits per heavy atom. The van der Waals surface area contributed by atoms with Crippen molar-refractivity contribution < 1.29 is 17.9 Å². The van der Waals surface area contributed by atoms with Crippen molar-refractivity contribution in [2.45, 2.75) is 37.1 Å². The minimum absolute atomic E-state index is 0.00139. The zero-order valence-corrected chi connectivity index (χ0v) is 20.9. The Morgan fingerprint density at radius 3 is 2.47 bits per heavy atom. The van der Waals surface area contributed by atoms with E-state index in [9.17, 15) is 18.0 Å². The van der Waals surface area contributed by atoms with E-state index >= 15 is 0 Å². The Morgan fingerprint density at radius 2 is 1.75 bits per heavy atom. The van der Waals surface area contributed by atoms with E-state index in [4.69, 9.17) is 4.74 Å². The van der Waals surface area contributed by atoms with Crippen LogP contribution in [0.25, 0.3) is 0 Å². The van der Waals surface area contributed by atoms with Gasteiger partial charge < -0.3 is 14.6 Å². The highest BCUT2D eigenvalue weighted by atomic mass is 32.2. The van der Waals surface area contributed by atoms with E-state index in [1.165, 1.54) is 16.4 Å². The number of amides is 1. The second kappa shape index (κ2) is 9.91. The summed E-state index contributed by atoms with van der Waals surface area (Å²) in [6.07, 6.45) is 1.79. The molecule has 2 bridgehead atoms. The molecule has 3 heterocycles. The van der Waals surface area contributed by atoms with Gasteiger partial charge in [-0.1, -0.05) is 13.0 Å². The molecule has 0 radical (unpaired) electrons. The molecule has 2 aromatic carbocycles. The first-order valence-corrected chi connectivity index (χ1v) is 13.6. The van der Waals surface area contributed by atoms with Crippen molar-refractivity contribution in [2.75, 3.05) is 25.0 Å². The molecular weight excluding hydrogens is 478 g/mol. The van der Waals surface area contributed by atoms with E-state index in [0.717, 1.165) is 18.5 Å². The first kappa shape index (κ1) is 24.3. The first-order chi connectivity index (χ1) is 17.3. The number of piperidine rings is 1. The van der Waals surface area contributed by atoms with Gasteiger partial charge in [0.25, 0.3) is 11.5 Å². The highest BCUT2D eigenvalue weighted by molar-refractivity contribution is 7.89. The van der Waals surface area contributed by atoms with Gasteiger partial charge in [0.05, 0.1) is 11.5 Å². The Bertz CT molecular complexity index is 1420. The summed E-state index contributed by atoms with van der Waals surface area (Å²) in [5.41, 5.74) is 1.86. The molecule has 1 aromatic heterocycles. The number of rotatable bonds is 7. The summed E-state index contributed by atoms with van der Waals surface area (Å²) in [7, 11) is -3.71. The summed E-state index contributed by atoms with van der Waals surface area (Å²) < 4.78 is 35.7. The second-order valence-corrected chi connectivity index (χ2v) is 11.3. The minimum Gasteiger partial charge on any atom is -0.494 e. The normalized spacial score (nSPS) is 19.4. The highest BCUT2D eigenvalue weighted by Gasteiger charge is 2.39. The Balaban J connectivity index is 1.27. The molecule has 9 heteroatoms. The van der Waals surface area contributed by atoms with Crippen molar-refractivity contribution in [3.8, 4) is 5.75 Å². The number of hydrogen-bond acceptors (Lipinski definition) is 5. The summed E-state index contributed by atoms with van der Waals surface area (Å²) in [6, 6.07) is 18.3. The van der Waals surface area contributed by atoms with Crippen LogP contribution in [0.15, 0.2) is 76.4 Å². The molecule has 5 rings (SSSR count). The van der Waals surface area contributed by atoms with Crippen LogP contribution >= 0.6 is 0 Å². The number of fused-ring (bicyclic) bond motifs is 4. The topological polar surface area (TPSA) is 97.7 Å². The largest absolute Gasteiger partial charge is 0.494 e. The summed E-state index contributed by atoms with van der Waals surface area (Å²) >= 11 is 0. The van der Waals surface area contributed by atoms with Crippen molar-refractivity contribution in [3.05, 3.63) is 88.3 Å². The molecule has 0 unspecified atom stereocenters. The molecule has 2 aliphatic heterocycles. The maximum absolute atomic E-state index is 13.4. The molecule has 1 saturated heterocycles. The van der Waals surface area contributed by atoms with Crippen molar-refractivity contribution in [2.24, 2.45) is 5.92 Å². The molecular formula is C27H29N3O5S. The smallest absolute Gasteiger partial charge is 0.255 e. The number of carbonyl (C=O) groups is 1. The Labute approximate surface area is 210 Å². The lowest BCUT2D eigenvalue weighted by Crippen LogP contribution is -2.48. The number of nitrogens with one attached hydrogen (secondary N) is 1. The Kier molecular flexibility index (Phi) is 6.68. The van der Waals surface area contributed by atoms with Gasteiger partial charge in [-0.15, -0.1) is 0 Å². The van der Waals surface area contributed by atoms with E-state index in [2.05, 4.69) is 5.32 Å². The zero-order valence-electron chi connectivity index (χ0n) is 20.1. The monoisotopic (exact) mass is 507 g/mol. The number of anilines is 1. The van der Waals surface area contributed by atoms with Gasteiger partial charge in [-0.2, -0.15) is 4.31 Å². The summed E-state index contributed by atoms with van der Waals surface area (Å²) in [5.74, 6) is 0.521. The number of pyridine rings is 1. The van der Waals surface area contributed by atoms with Gasteiger partial charge >= 0.3 is 0 Å². The molecule has 0 saturated carbocycles. The molecule has 1 N–H and O–H groups in total. The van der Waals surface area contributed by atoms with Crippen molar-refractivity contribution in [3.63, 3.8) is 0 Å². The van der Waals surface area contributed by atoms with Gasteiger partial charge in [-0.05, 0) is 73.4 Å². The molecule has 1 fully saturated rings. The summed E-state index contributed by atoms with van der Waals surface area (Å²) in [4.78, 5) is 25.0. The van der Waals surface area contributed by atoms with Crippen molar-refractivity contribution >= 4 is 21.6 Å². The maximum Gasteiger partial charge on any atom is 0.255 e. The summed E-state index contributed by atoms with van der Waals surface area (Å²) in [6.45, 7) is 3.91. The van der Waals surface area contributed by atoms with Crippen LogP contribution in [0.4, 0.5) is 5.69 Å². The van der Waals surface area contributed by atoms with Crippen LogP contribution in [0, 0.1) is 5.92 Å². The third-order valence-corrected chi connectivity index (χ3v) is 8.63. The fraction of sp³-hybridized carbons (Fsp3) is 0.333. The molecule has 36 heavy (non-hydrogen) atoms. The van der Waals surface area contributed by atoms with Gasteiger partial charge in [0.1, 0.15) is 5.75 Å². The molecule has 3 aromatic rings. The average Bonchev–Trinajstić information content (AvgIpc) is 2.88. The van der Waals surface area contributed by atoms with Gasteiger partial charge in [-0.3, -0.25) is 9.59 Å². The highest BCUT2D eigenvalue weighted by Crippen LogP contribution is 2.37. The van der Waals surface area contributed by atoms with Gasteiger partial charge in [0.2, 0.25) is 10.0 Å². The molecule has 188 valence electrons. The third-order valence-electron chi connectivity index (χ3n) is 6.79. The van der Waals surface area contributed by atoms with Crippen molar-refractivity contribution in [1.82, 2.24) is 8.87 Å². The van der Waals surface area contributed by atoms with Crippen LogP contribution < -0.4 is 15.6 Å². The van der Waals surface area contributed by atoms with E-state index in [1.54, 1.807) is 53.1 Å². The minimum atomic E-state index is -3.71. The molecule has 2 aliphatic rings. The van der Waals surface area contributed by atoms with Gasteiger partial charge in [0.15, 0.2) is 0 Å². The number of benzene rings is 2. The lowest BCUT2D eigenvalue weighted by atomic mass is 9.84. The number of ether oxygens (including phenoxy) is 1. The molecule has 1 amide bonds. The third kappa shape index (κ3) is 4.81. The van der Waals surface area contributed by atoms with E-state index < -0.39 is 10.0 Å². The van der Waals surface area contributed by atoms with Crippen LogP contribution in [-0.2, 0) is 16.6 Å². The predicted octanol–water partition coefficient (Wildman–Crippen LogP) is 3.70. The average molecular weight is 508 g/mol. The lowest BCUT2D eigenvalue weighted by Gasteiger charge is -2.42. The second-order valence-electron chi connectivity index (χ2n) is 9.37. The molecule has 0 spiro atoms.